The van der Waals surface area contributed by atoms with Crippen LogP contribution in [0.5, 0.6) is 5.75 Å². The van der Waals surface area contributed by atoms with Crippen molar-refractivity contribution < 1.29 is 9.53 Å². The summed E-state index contributed by atoms with van der Waals surface area (Å²) in [6.07, 6.45) is 5.32. The molecule has 5 nitrogen and oxygen atoms in total. The van der Waals surface area contributed by atoms with Crippen LogP contribution < -0.4 is 10.1 Å². The number of nitrogens with zero attached hydrogens (tertiary/aromatic N) is 2. The van der Waals surface area contributed by atoms with Crippen molar-refractivity contribution in [2.45, 2.75) is 26.3 Å². The number of ether oxygens (including phenoxy) is 1. The zero-order valence-electron chi connectivity index (χ0n) is 11.9. The van der Waals surface area contributed by atoms with E-state index in [0.29, 0.717) is 12.1 Å². The Labute approximate surface area is 123 Å². The number of amides is 1. The summed E-state index contributed by atoms with van der Waals surface area (Å²) in [5, 5.41) is 2.86. The molecule has 0 radical (unpaired) electrons. The molecule has 0 saturated carbocycles. The minimum absolute atomic E-state index is 0.106. The predicted octanol–water partition coefficient (Wildman–Crippen LogP) is 2.04. The maximum absolute atomic E-state index is 12.2. The molecule has 5 heteroatoms. The Morgan fingerprint density at radius 1 is 1.33 bits per heavy atom. The largest absolute Gasteiger partial charge is 0.493 e. The van der Waals surface area contributed by atoms with Gasteiger partial charge in [-0.2, -0.15) is 0 Å². The van der Waals surface area contributed by atoms with Crippen LogP contribution >= 0.6 is 0 Å². The average molecular weight is 283 g/mol. The van der Waals surface area contributed by atoms with E-state index in [2.05, 4.69) is 15.3 Å². The smallest absolute Gasteiger partial charge is 0.251 e. The summed E-state index contributed by atoms with van der Waals surface area (Å²) in [4.78, 5) is 20.5. The number of hydrogen-bond donors (Lipinski definition) is 1. The van der Waals surface area contributed by atoms with Gasteiger partial charge in [0.25, 0.3) is 5.91 Å². The van der Waals surface area contributed by atoms with Gasteiger partial charge in [0.2, 0.25) is 0 Å². The second-order valence-corrected chi connectivity index (χ2v) is 5.11. The van der Waals surface area contributed by atoms with Crippen LogP contribution in [0.25, 0.3) is 0 Å². The second-order valence-electron chi connectivity index (χ2n) is 5.11. The van der Waals surface area contributed by atoms with E-state index in [4.69, 9.17) is 4.74 Å². The van der Waals surface area contributed by atoms with Gasteiger partial charge in [-0.15, -0.1) is 0 Å². The van der Waals surface area contributed by atoms with Crippen molar-refractivity contribution in [3.8, 4) is 5.75 Å². The van der Waals surface area contributed by atoms with Crippen LogP contribution in [-0.2, 0) is 13.0 Å². The first kappa shape index (κ1) is 13.5. The molecule has 1 aliphatic rings. The van der Waals surface area contributed by atoms with Crippen LogP contribution in [0.4, 0.5) is 0 Å². The Balaban J connectivity index is 1.66. The zero-order chi connectivity index (χ0) is 14.7. The first-order valence-corrected chi connectivity index (χ1v) is 7.04. The van der Waals surface area contributed by atoms with Crippen LogP contribution in [0.3, 0.4) is 0 Å². The molecule has 2 aromatic rings. The summed E-state index contributed by atoms with van der Waals surface area (Å²) in [6, 6.07) is 5.57. The molecule has 0 fully saturated rings. The lowest BCUT2D eigenvalue weighted by Crippen LogP contribution is -2.23. The summed E-state index contributed by atoms with van der Waals surface area (Å²) >= 11 is 0. The normalized spacial score (nSPS) is 13.2. The molecule has 0 bridgehead atoms. The van der Waals surface area contributed by atoms with Gasteiger partial charge in [0.05, 0.1) is 30.7 Å². The first-order valence-electron chi connectivity index (χ1n) is 7.04. The van der Waals surface area contributed by atoms with Gasteiger partial charge in [0.15, 0.2) is 0 Å². The lowest BCUT2D eigenvalue weighted by molar-refractivity contribution is 0.0950. The fraction of sp³-hybridized carbons (Fsp3) is 0.312. The van der Waals surface area contributed by atoms with E-state index in [9.17, 15) is 4.79 Å². The van der Waals surface area contributed by atoms with Crippen molar-refractivity contribution in [3.05, 3.63) is 53.1 Å². The van der Waals surface area contributed by atoms with Crippen LogP contribution in [0.1, 0.15) is 33.7 Å². The van der Waals surface area contributed by atoms with Crippen molar-refractivity contribution in [1.29, 1.82) is 0 Å². The van der Waals surface area contributed by atoms with Crippen LogP contribution in [-0.4, -0.2) is 22.5 Å². The lowest BCUT2D eigenvalue weighted by atomic mass is 10.0. The van der Waals surface area contributed by atoms with Crippen LogP contribution in [0.15, 0.2) is 30.6 Å². The Hall–Kier alpha value is -2.43. The maximum atomic E-state index is 12.2. The average Bonchev–Trinajstić information content (AvgIpc) is 2.53. The molecule has 1 amide bonds. The molecule has 0 spiro atoms. The third-order valence-electron chi connectivity index (χ3n) is 3.44. The third-order valence-corrected chi connectivity index (χ3v) is 3.44. The predicted molar refractivity (Wildman–Crippen MR) is 78.2 cm³/mol. The standard InChI is InChI=1S/C16H17N3O2/c1-11-8-18-14(9-17-11)10-19-16(20)13-4-5-15-12(7-13)3-2-6-21-15/h4-5,7-9H,2-3,6,10H2,1H3,(H,19,20). The van der Waals surface area contributed by atoms with Gasteiger partial charge in [-0.1, -0.05) is 0 Å². The van der Waals surface area contributed by atoms with Crippen molar-refractivity contribution in [2.75, 3.05) is 6.61 Å². The summed E-state index contributed by atoms with van der Waals surface area (Å²) in [6.45, 7) is 3.01. The topological polar surface area (TPSA) is 64.1 Å². The molecule has 1 aliphatic heterocycles. The van der Waals surface area contributed by atoms with E-state index in [1.54, 1.807) is 18.5 Å². The van der Waals surface area contributed by atoms with Gasteiger partial charge >= 0.3 is 0 Å². The molecular weight excluding hydrogens is 266 g/mol. The molecule has 2 heterocycles. The zero-order valence-corrected chi connectivity index (χ0v) is 11.9. The van der Waals surface area contributed by atoms with Crippen molar-refractivity contribution in [2.24, 2.45) is 0 Å². The molecule has 1 aromatic carbocycles. The Morgan fingerprint density at radius 2 is 2.24 bits per heavy atom. The molecular formula is C16H17N3O2. The van der Waals surface area contributed by atoms with E-state index < -0.39 is 0 Å². The second kappa shape index (κ2) is 5.91. The lowest BCUT2D eigenvalue weighted by Gasteiger charge is -2.17. The molecule has 1 aromatic heterocycles. The van der Waals surface area contributed by atoms with E-state index in [0.717, 1.165) is 42.1 Å². The fourth-order valence-electron chi connectivity index (χ4n) is 2.29. The van der Waals surface area contributed by atoms with Gasteiger partial charge in [0, 0.05) is 11.8 Å². The highest BCUT2D eigenvalue weighted by Gasteiger charge is 2.13. The minimum atomic E-state index is -0.106. The minimum Gasteiger partial charge on any atom is -0.493 e. The number of hydrogen-bond acceptors (Lipinski definition) is 4. The molecule has 3 rings (SSSR count). The van der Waals surface area contributed by atoms with Gasteiger partial charge in [-0.3, -0.25) is 14.8 Å². The highest BCUT2D eigenvalue weighted by Crippen LogP contribution is 2.25. The van der Waals surface area contributed by atoms with Crippen LogP contribution in [0, 0.1) is 6.92 Å². The number of aryl methyl sites for hydroxylation is 2. The van der Waals surface area contributed by atoms with Crippen molar-refractivity contribution >= 4 is 5.91 Å². The Bertz CT molecular complexity index is 653. The highest BCUT2D eigenvalue weighted by atomic mass is 16.5. The number of benzene rings is 1. The van der Waals surface area contributed by atoms with Crippen molar-refractivity contribution in [3.63, 3.8) is 0 Å². The SMILES string of the molecule is Cc1cnc(CNC(=O)c2ccc3c(c2)CCCO3)cn1. The molecule has 0 atom stereocenters. The maximum Gasteiger partial charge on any atom is 0.251 e. The third kappa shape index (κ3) is 3.18. The fourth-order valence-corrected chi connectivity index (χ4v) is 2.29. The number of carbonyl (C=O) groups excluding carboxylic acids is 1. The summed E-state index contributed by atoms with van der Waals surface area (Å²) < 4.78 is 5.55. The first-order chi connectivity index (χ1) is 10.2. The molecule has 108 valence electrons. The van der Waals surface area contributed by atoms with Gasteiger partial charge in [0.1, 0.15) is 5.75 Å². The quantitative estimate of drug-likeness (QED) is 0.936. The summed E-state index contributed by atoms with van der Waals surface area (Å²) in [5.41, 5.74) is 3.36. The monoisotopic (exact) mass is 283 g/mol. The highest BCUT2D eigenvalue weighted by molar-refractivity contribution is 5.94. The van der Waals surface area contributed by atoms with Crippen molar-refractivity contribution in [1.82, 2.24) is 15.3 Å². The molecule has 0 saturated heterocycles. The van der Waals surface area contributed by atoms with E-state index in [1.807, 2.05) is 19.1 Å². The number of nitrogens with one attached hydrogen (secondary N) is 1. The molecule has 0 unspecified atom stereocenters. The number of aromatic nitrogens is 2. The van der Waals surface area contributed by atoms with Gasteiger partial charge in [-0.05, 0) is 43.5 Å². The van der Waals surface area contributed by atoms with E-state index in [1.165, 1.54) is 0 Å². The Kier molecular flexibility index (Phi) is 3.81. The van der Waals surface area contributed by atoms with E-state index in [-0.39, 0.29) is 5.91 Å². The van der Waals surface area contributed by atoms with Gasteiger partial charge in [-0.25, -0.2) is 0 Å². The summed E-state index contributed by atoms with van der Waals surface area (Å²) in [7, 11) is 0. The number of carbonyl (C=O) groups is 1. The Morgan fingerprint density at radius 3 is 3.05 bits per heavy atom. The van der Waals surface area contributed by atoms with Gasteiger partial charge < -0.3 is 10.1 Å². The number of fused-ring (bicyclic) bond motifs is 1. The molecule has 0 aliphatic carbocycles. The van der Waals surface area contributed by atoms with Crippen LogP contribution in [0.2, 0.25) is 0 Å². The van der Waals surface area contributed by atoms with E-state index >= 15 is 0 Å². The summed E-state index contributed by atoms with van der Waals surface area (Å²) in [5.74, 6) is 0.785. The molecule has 1 N–H and O–H groups in total. The number of rotatable bonds is 3. The molecule has 21 heavy (non-hydrogen) atoms.